The molecular weight excluding hydrogens is 270 g/mol. The Labute approximate surface area is 124 Å². The van der Waals surface area contributed by atoms with Crippen LogP contribution in [0.1, 0.15) is 49.4 Å². The van der Waals surface area contributed by atoms with Crippen molar-refractivity contribution in [2.24, 2.45) is 0 Å². The largest absolute Gasteiger partial charge is 0.504 e. The number of nitrogens with zero attached hydrogens (tertiary/aromatic N) is 1. The monoisotopic (exact) mass is 293 g/mol. The van der Waals surface area contributed by atoms with Crippen LogP contribution in [0.5, 0.6) is 11.5 Å². The first-order valence-corrected chi connectivity index (χ1v) is 7.50. The van der Waals surface area contributed by atoms with Gasteiger partial charge in [-0.2, -0.15) is 0 Å². The van der Waals surface area contributed by atoms with Gasteiger partial charge in [0.2, 0.25) is 0 Å². The summed E-state index contributed by atoms with van der Waals surface area (Å²) in [5, 5.41) is 28.5. The van der Waals surface area contributed by atoms with Crippen molar-refractivity contribution in [3.63, 3.8) is 0 Å². The molecule has 116 valence electrons. The lowest BCUT2D eigenvalue weighted by atomic mass is 10.0. The second kappa shape index (κ2) is 6.80. The van der Waals surface area contributed by atoms with Gasteiger partial charge < -0.3 is 20.2 Å². The third kappa shape index (κ3) is 3.88. The molecule has 1 fully saturated rings. The van der Waals surface area contributed by atoms with Crippen LogP contribution in [0.3, 0.4) is 0 Å². The van der Waals surface area contributed by atoms with Gasteiger partial charge >= 0.3 is 0 Å². The molecule has 0 saturated carbocycles. The number of phenolic OH excluding ortho intramolecular Hbond substituents is 2. The highest BCUT2D eigenvalue weighted by molar-refractivity contribution is 5.95. The molecule has 1 aromatic rings. The number of hydrogen-bond donors (Lipinski definition) is 3. The Morgan fingerprint density at radius 3 is 2.71 bits per heavy atom. The number of aliphatic hydroxyl groups excluding tert-OH is 1. The van der Waals surface area contributed by atoms with E-state index in [4.69, 9.17) is 0 Å². The molecule has 0 bridgehead atoms. The minimum Gasteiger partial charge on any atom is -0.504 e. The second-order valence-electron chi connectivity index (χ2n) is 5.79. The number of hydrogen-bond acceptors (Lipinski definition) is 4. The first-order valence-electron chi connectivity index (χ1n) is 7.50. The number of carbonyl (C=O) groups is 1. The molecular formula is C16H23NO4. The molecule has 1 aliphatic rings. The predicted molar refractivity (Wildman–Crippen MR) is 79.4 cm³/mol. The molecule has 5 heteroatoms. The molecule has 2 atom stereocenters. The van der Waals surface area contributed by atoms with E-state index in [0.717, 1.165) is 25.7 Å². The molecule has 1 heterocycles. The van der Waals surface area contributed by atoms with E-state index < -0.39 is 6.10 Å². The fourth-order valence-corrected chi connectivity index (χ4v) is 2.91. The van der Waals surface area contributed by atoms with Crippen LogP contribution in [0.2, 0.25) is 0 Å². The predicted octanol–water partition coefficient (Wildman–Crippen LogP) is 2.25. The molecule has 5 nitrogen and oxygen atoms in total. The van der Waals surface area contributed by atoms with Gasteiger partial charge in [0.15, 0.2) is 11.5 Å². The second-order valence-corrected chi connectivity index (χ2v) is 5.79. The molecule has 1 aromatic carbocycles. The number of amides is 1. The summed E-state index contributed by atoms with van der Waals surface area (Å²) >= 11 is 0. The van der Waals surface area contributed by atoms with Crippen molar-refractivity contribution in [3.8, 4) is 11.5 Å². The van der Waals surface area contributed by atoms with Gasteiger partial charge in [-0.1, -0.05) is 12.8 Å². The molecule has 2 unspecified atom stereocenters. The van der Waals surface area contributed by atoms with Gasteiger partial charge in [-0.25, -0.2) is 0 Å². The first kappa shape index (κ1) is 15.6. The summed E-state index contributed by atoms with van der Waals surface area (Å²) in [6, 6.07) is 4.16. The maximum absolute atomic E-state index is 12.7. The minimum atomic E-state index is -0.448. The van der Waals surface area contributed by atoms with Gasteiger partial charge in [-0.15, -0.1) is 0 Å². The van der Waals surface area contributed by atoms with E-state index in [0.29, 0.717) is 18.5 Å². The van der Waals surface area contributed by atoms with E-state index >= 15 is 0 Å². The Hall–Kier alpha value is -1.75. The molecule has 1 amide bonds. The number of aliphatic hydroxyl groups is 1. The zero-order valence-corrected chi connectivity index (χ0v) is 12.3. The highest BCUT2D eigenvalue weighted by Gasteiger charge is 2.27. The average Bonchev–Trinajstić information content (AvgIpc) is 2.66. The normalized spacial score (nSPS) is 20.9. The van der Waals surface area contributed by atoms with Crippen molar-refractivity contribution in [2.75, 3.05) is 6.54 Å². The lowest BCUT2D eigenvalue weighted by Crippen LogP contribution is -2.41. The highest BCUT2D eigenvalue weighted by atomic mass is 16.3. The average molecular weight is 293 g/mol. The molecule has 2 rings (SSSR count). The van der Waals surface area contributed by atoms with Crippen LogP contribution in [-0.4, -0.2) is 44.8 Å². The Morgan fingerprint density at radius 1 is 1.29 bits per heavy atom. The third-order valence-corrected chi connectivity index (χ3v) is 3.97. The van der Waals surface area contributed by atoms with Gasteiger partial charge in [0.1, 0.15) is 0 Å². The van der Waals surface area contributed by atoms with Crippen molar-refractivity contribution in [3.05, 3.63) is 23.8 Å². The van der Waals surface area contributed by atoms with Crippen LogP contribution in [0.25, 0.3) is 0 Å². The van der Waals surface area contributed by atoms with Gasteiger partial charge in [-0.3, -0.25) is 4.79 Å². The Kier molecular flexibility index (Phi) is 5.07. The van der Waals surface area contributed by atoms with E-state index in [1.54, 1.807) is 11.8 Å². The summed E-state index contributed by atoms with van der Waals surface area (Å²) in [5.74, 6) is -0.677. The smallest absolute Gasteiger partial charge is 0.254 e. The molecule has 0 radical (unpaired) electrons. The lowest BCUT2D eigenvalue weighted by Gasteiger charge is -2.31. The van der Waals surface area contributed by atoms with E-state index in [2.05, 4.69) is 0 Å². The fraction of sp³-hybridized carbons (Fsp3) is 0.562. The molecule has 1 saturated heterocycles. The van der Waals surface area contributed by atoms with Crippen LogP contribution < -0.4 is 0 Å². The maximum Gasteiger partial charge on any atom is 0.254 e. The molecule has 0 aromatic heterocycles. The standard InChI is InChI=1S/C16H23NO4/c1-11(18)9-13-5-3-2-4-8-17(13)16(21)12-6-7-14(19)15(20)10-12/h6-7,10-11,13,18-20H,2-5,8-9H2,1H3. The summed E-state index contributed by atoms with van der Waals surface area (Å²) in [5.41, 5.74) is 0.364. The summed E-state index contributed by atoms with van der Waals surface area (Å²) in [7, 11) is 0. The van der Waals surface area contributed by atoms with Gasteiger partial charge in [0.05, 0.1) is 6.10 Å². The van der Waals surface area contributed by atoms with E-state index in [1.807, 2.05) is 0 Å². The third-order valence-electron chi connectivity index (χ3n) is 3.97. The number of carbonyl (C=O) groups excluding carboxylic acids is 1. The van der Waals surface area contributed by atoms with Crippen molar-refractivity contribution < 1.29 is 20.1 Å². The van der Waals surface area contributed by atoms with Crippen molar-refractivity contribution in [1.29, 1.82) is 0 Å². The van der Waals surface area contributed by atoms with Crippen molar-refractivity contribution >= 4 is 5.91 Å². The molecule has 0 spiro atoms. The van der Waals surface area contributed by atoms with E-state index in [1.165, 1.54) is 18.2 Å². The quantitative estimate of drug-likeness (QED) is 0.747. The van der Waals surface area contributed by atoms with Crippen LogP contribution in [0.15, 0.2) is 18.2 Å². The number of likely N-dealkylation sites (tertiary alicyclic amines) is 1. The SMILES string of the molecule is CC(O)CC1CCCCCN1C(=O)c1ccc(O)c(O)c1. The van der Waals surface area contributed by atoms with Crippen LogP contribution in [0.4, 0.5) is 0 Å². The van der Waals surface area contributed by atoms with Gasteiger partial charge in [-0.05, 0) is 44.4 Å². The summed E-state index contributed by atoms with van der Waals surface area (Å²) < 4.78 is 0. The van der Waals surface area contributed by atoms with Crippen LogP contribution in [0, 0.1) is 0 Å². The Bertz CT molecular complexity index is 501. The zero-order valence-electron chi connectivity index (χ0n) is 12.3. The van der Waals surface area contributed by atoms with Gasteiger partial charge in [0, 0.05) is 18.2 Å². The summed E-state index contributed by atoms with van der Waals surface area (Å²) in [6.07, 6.45) is 4.10. The lowest BCUT2D eigenvalue weighted by molar-refractivity contribution is 0.0607. The summed E-state index contributed by atoms with van der Waals surface area (Å²) in [6.45, 7) is 2.40. The number of rotatable bonds is 3. The Balaban J connectivity index is 2.21. The number of phenols is 2. The maximum atomic E-state index is 12.7. The minimum absolute atomic E-state index is 0.0240. The first-order chi connectivity index (χ1) is 9.99. The highest BCUT2D eigenvalue weighted by Crippen LogP contribution is 2.28. The Morgan fingerprint density at radius 2 is 2.05 bits per heavy atom. The van der Waals surface area contributed by atoms with Crippen LogP contribution in [-0.2, 0) is 0 Å². The molecule has 0 aliphatic carbocycles. The van der Waals surface area contributed by atoms with E-state index in [9.17, 15) is 20.1 Å². The molecule has 3 N–H and O–H groups in total. The van der Waals surface area contributed by atoms with E-state index in [-0.39, 0.29) is 23.4 Å². The fourth-order valence-electron chi connectivity index (χ4n) is 2.91. The van der Waals surface area contributed by atoms with Crippen LogP contribution >= 0.6 is 0 Å². The molecule has 1 aliphatic heterocycles. The zero-order chi connectivity index (χ0) is 15.4. The summed E-state index contributed by atoms with van der Waals surface area (Å²) in [4.78, 5) is 14.5. The number of benzene rings is 1. The van der Waals surface area contributed by atoms with Crippen molar-refractivity contribution in [1.82, 2.24) is 4.90 Å². The number of aromatic hydroxyl groups is 2. The van der Waals surface area contributed by atoms with Gasteiger partial charge in [0.25, 0.3) is 5.91 Å². The molecule has 21 heavy (non-hydrogen) atoms. The topological polar surface area (TPSA) is 81.0 Å². The van der Waals surface area contributed by atoms with Crippen molar-refractivity contribution in [2.45, 2.75) is 51.2 Å².